The van der Waals surface area contributed by atoms with Crippen LogP contribution in [0, 0.1) is 11.3 Å². The molecule has 0 saturated carbocycles. The Hall–Kier alpha value is -2.92. The Morgan fingerprint density at radius 2 is 2.00 bits per heavy atom. The molecule has 0 atom stereocenters. The van der Waals surface area contributed by atoms with Crippen molar-refractivity contribution in [3.05, 3.63) is 65.0 Å². The Bertz CT molecular complexity index is 998. The molecule has 1 aromatic heterocycles. The molecular weight excluding hydrogens is 370 g/mol. The summed E-state index contributed by atoms with van der Waals surface area (Å²) in [6.07, 6.45) is -0.180. The fraction of sp³-hybridized carbons (Fsp3) is 0.211. The molecule has 0 unspecified atom stereocenters. The lowest BCUT2D eigenvalue weighted by atomic mass is 10.1. The van der Waals surface area contributed by atoms with Crippen LogP contribution < -0.4 is 4.74 Å². The summed E-state index contributed by atoms with van der Waals surface area (Å²) in [6.45, 7) is 0. The summed E-state index contributed by atoms with van der Waals surface area (Å²) < 4.78 is 33.6. The van der Waals surface area contributed by atoms with Gasteiger partial charge in [-0.05, 0) is 42.2 Å². The molecule has 0 amide bonds. The topological polar surface area (TPSA) is 63.7 Å². The van der Waals surface area contributed by atoms with Crippen LogP contribution in [0.5, 0.6) is 11.5 Å². The van der Waals surface area contributed by atoms with E-state index in [1.807, 2.05) is 42.1 Å². The second-order valence-corrected chi connectivity index (χ2v) is 6.56. The van der Waals surface area contributed by atoms with Gasteiger partial charge in [-0.15, -0.1) is 10.2 Å². The van der Waals surface area contributed by atoms with E-state index in [0.29, 0.717) is 12.2 Å². The molecule has 0 aliphatic rings. The summed E-state index contributed by atoms with van der Waals surface area (Å²) in [5.41, 5.74) is 0.827. The molecular formula is C19H16F2N4OS. The Morgan fingerprint density at radius 1 is 1.19 bits per heavy atom. The van der Waals surface area contributed by atoms with Gasteiger partial charge in [0.1, 0.15) is 17.3 Å². The summed E-state index contributed by atoms with van der Waals surface area (Å²) in [4.78, 5) is 0. The molecule has 0 N–H and O–H groups in total. The van der Waals surface area contributed by atoms with Gasteiger partial charge in [-0.2, -0.15) is 5.26 Å². The van der Waals surface area contributed by atoms with E-state index in [4.69, 9.17) is 10.00 Å². The SMILES string of the molecule is CSc1nnc(Cc2cccc(Oc3cc(C#N)cc(C(F)F)c3)c2)n1C. The summed E-state index contributed by atoms with van der Waals surface area (Å²) in [5.74, 6) is 1.50. The van der Waals surface area contributed by atoms with Crippen molar-refractivity contribution in [3.8, 4) is 17.6 Å². The van der Waals surface area contributed by atoms with Gasteiger partial charge in [0, 0.05) is 19.0 Å². The van der Waals surface area contributed by atoms with Gasteiger partial charge in [-0.1, -0.05) is 23.9 Å². The highest BCUT2D eigenvalue weighted by Crippen LogP contribution is 2.29. The quantitative estimate of drug-likeness (QED) is 0.573. The first-order valence-electron chi connectivity index (χ1n) is 8.02. The van der Waals surface area contributed by atoms with Gasteiger partial charge in [0.2, 0.25) is 0 Å². The van der Waals surface area contributed by atoms with Crippen molar-refractivity contribution in [3.63, 3.8) is 0 Å². The minimum Gasteiger partial charge on any atom is -0.457 e. The molecule has 0 saturated heterocycles. The second-order valence-electron chi connectivity index (χ2n) is 5.79. The molecule has 8 heteroatoms. The van der Waals surface area contributed by atoms with Gasteiger partial charge in [0.15, 0.2) is 5.16 Å². The average molecular weight is 386 g/mol. The molecule has 1 heterocycles. The van der Waals surface area contributed by atoms with Gasteiger partial charge in [0.05, 0.1) is 11.6 Å². The fourth-order valence-electron chi connectivity index (χ4n) is 2.59. The van der Waals surface area contributed by atoms with Crippen molar-refractivity contribution in [2.75, 3.05) is 6.26 Å². The van der Waals surface area contributed by atoms with Crippen molar-refractivity contribution < 1.29 is 13.5 Å². The van der Waals surface area contributed by atoms with Crippen molar-refractivity contribution in [2.45, 2.75) is 18.0 Å². The Kier molecular flexibility index (Phi) is 5.72. The molecule has 0 spiro atoms. The lowest BCUT2D eigenvalue weighted by Gasteiger charge is -2.10. The van der Waals surface area contributed by atoms with Crippen LogP contribution in [-0.4, -0.2) is 21.0 Å². The third-order valence-corrected chi connectivity index (χ3v) is 4.63. The number of hydrogen-bond donors (Lipinski definition) is 0. The number of nitriles is 1. The number of thioether (sulfide) groups is 1. The number of benzene rings is 2. The molecule has 0 bridgehead atoms. The number of halogens is 2. The van der Waals surface area contributed by atoms with Crippen LogP contribution in [0.4, 0.5) is 8.78 Å². The van der Waals surface area contributed by atoms with E-state index in [2.05, 4.69) is 10.2 Å². The highest BCUT2D eigenvalue weighted by atomic mass is 32.2. The van der Waals surface area contributed by atoms with Crippen LogP contribution in [0.1, 0.15) is 28.9 Å². The van der Waals surface area contributed by atoms with Gasteiger partial charge in [-0.25, -0.2) is 8.78 Å². The van der Waals surface area contributed by atoms with Crippen LogP contribution in [-0.2, 0) is 13.5 Å². The van der Waals surface area contributed by atoms with Crippen LogP contribution in [0.25, 0.3) is 0 Å². The molecule has 27 heavy (non-hydrogen) atoms. The second kappa shape index (κ2) is 8.18. The standard InChI is InChI=1S/C19H16F2N4OS/c1-25-17(23-24-19(25)27-2)9-12-4-3-5-15(7-12)26-16-8-13(11-22)6-14(10-16)18(20)21/h3-8,10,18H,9H2,1-2H3. The predicted molar refractivity (Wildman–Crippen MR) is 98.2 cm³/mol. The fourth-order valence-corrected chi connectivity index (χ4v) is 3.09. The molecule has 0 aliphatic carbocycles. The molecule has 5 nitrogen and oxygen atoms in total. The number of ether oxygens (including phenoxy) is 1. The first kappa shape index (κ1) is 18.9. The largest absolute Gasteiger partial charge is 0.457 e. The number of rotatable bonds is 6. The van der Waals surface area contributed by atoms with Gasteiger partial charge in [0.25, 0.3) is 6.43 Å². The normalized spacial score (nSPS) is 10.8. The first-order chi connectivity index (χ1) is 13.0. The van der Waals surface area contributed by atoms with E-state index < -0.39 is 6.43 Å². The number of nitrogens with zero attached hydrogens (tertiary/aromatic N) is 4. The van der Waals surface area contributed by atoms with Crippen LogP contribution in [0.3, 0.4) is 0 Å². The minimum absolute atomic E-state index is 0.127. The zero-order chi connectivity index (χ0) is 19.4. The summed E-state index contributed by atoms with van der Waals surface area (Å²) in [6, 6.07) is 13.0. The third-order valence-electron chi connectivity index (χ3n) is 3.91. The van der Waals surface area contributed by atoms with Crippen LogP contribution in [0.2, 0.25) is 0 Å². The predicted octanol–water partition coefficient (Wildman–Crippen LogP) is 4.73. The smallest absolute Gasteiger partial charge is 0.264 e. The molecule has 0 radical (unpaired) electrons. The van der Waals surface area contributed by atoms with Crippen molar-refractivity contribution in [1.82, 2.24) is 14.8 Å². The first-order valence-corrected chi connectivity index (χ1v) is 9.25. The van der Waals surface area contributed by atoms with E-state index >= 15 is 0 Å². The van der Waals surface area contributed by atoms with E-state index in [-0.39, 0.29) is 16.9 Å². The molecule has 3 aromatic rings. The molecule has 2 aromatic carbocycles. The zero-order valence-corrected chi connectivity index (χ0v) is 15.5. The van der Waals surface area contributed by atoms with E-state index in [9.17, 15) is 8.78 Å². The lowest BCUT2D eigenvalue weighted by molar-refractivity contribution is 0.151. The maximum atomic E-state index is 13.0. The third kappa shape index (κ3) is 4.44. The maximum Gasteiger partial charge on any atom is 0.264 e. The minimum atomic E-state index is -2.67. The Morgan fingerprint density at radius 3 is 2.67 bits per heavy atom. The zero-order valence-electron chi connectivity index (χ0n) is 14.7. The molecule has 0 aliphatic heterocycles. The summed E-state index contributed by atoms with van der Waals surface area (Å²) in [7, 11) is 1.90. The highest BCUT2D eigenvalue weighted by molar-refractivity contribution is 7.98. The van der Waals surface area contributed by atoms with Crippen molar-refractivity contribution >= 4 is 11.8 Å². The van der Waals surface area contributed by atoms with E-state index in [1.54, 1.807) is 6.07 Å². The monoisotopic (exact) mass is 386 g/mol. The Balaban J connectivity index is 1.83. The molecule has 0 fully saturated rings. The lowest BCUT2D eigenvalue weighted by Crippen LogP contribution is -2.00. The van der Waals surface area contributed by atoms with Crippen LogP contribution >= 0.6 is 11.8 Å². The van der Waals surface area contributed by atoms with Crippen molar-refractivity contribution in [2.24, 2.45) is 7.05 Å². The Labute approximate surface area is 159 Å². The maximum absolute atomic E-state index is 13.0. The van der Waals surface area contributed by atoms with Gasteiger partial charge in [-0.3, -0.25) is 0 Å². The van der Waals surface area contributed by atoms with Gasteiger partial charge < -0.3 is 9.30 Å². The van der Waals surface area contributed by atoms with Crippen LogP contribution in [0.15, 0.2) is 47.6 Å². The van der Waals surface area contributed by atoms with Gasteiger partial charge >= 0.3 is 0 Å². The molecule has 3 rings (SSSR count). The molecule has 138 valence electrons. The van der Waals surface area contributed by atoms with E-state index in [0.717, 1.165) is 22.6 Å². The highest BCUT2D eigenvalue weighted by Gasteiger charge is 2.12. The van der Waals surface area contributed by atoms with E-state index in [1.165, 1.54) is 23.9 Å². The number of hydrogen-bond acceptors (Lipinski definition) is 5. The summed E-state index contributed by atoms with van der Waals surface area (Å²) in [5, 5.41) is 18.1. The number of alkyl halides is 2. The number of aromatic nitrogens is 3. The average Bonchev–Trinajstić information content (AvgIpc) is 3.01. The van der Waals surface area contributed by atoms with Crippen molar-refractivity contribution in [1.29, 1.82) is 5.26 Å². The summed E-state index contributed by atoms with van der Waals surface area (Å²) >= 11 is 1.52.